The summed E-state index contributed by atoms with van der Waals surface area (Å²) in [6.07, 6.45) is 3.89. The van der Waals surface area contributed by atoms with Crippen molar-refractivity contribution in [2.45, 2.75) is 18.9 Å². The lowest BCUT2D eigenvalue weighted by atomic mass is 10.0. The molecule has 1 saturated heterocycles. The van der Waals surface area contributed by atoms with E-state index in [9.17, 15) is 14.7 Å². The first-order valence-corrected chi connectivity index (χ1v) is 10.5. The maximum atomic E-state index is 12.7. The Morgan fingerprint density at radius 1 is 1.12 bits per heavy atom. The van der Waals surface area contributed by atoms with E-state index in [4.69, 9.17) is 4.98 Å². The molecule has 1 aromatic heterocycles. The van der Waals surface area contributed by atoms with Gasteiger partial charge in [0.2, 0.25) is 0 Å². The molecule has 0 bridgehead atoms. The topological polar surface area (TPSA) is 91.8 Å². The molecule has 2 N–H and O–H groups in total. The van der Waals surface area contributed by atoms with Gasteiger partial charge >= 0.3 is 6.09 Å². The third kappa shape index (κ3) is 4.95. The molecule has 7 heteroatoms. The van der Waals surface area contributed by atoms with Crippen LogP contribution in [-0.4, -0.2) is 48.3 Å². The number of allylic oxidation sites excluding steroid dienone is 1. The van der Waals surface area contributed by atoms with Gasteiger partial charge in [0, 0.05) is 35.3 Å². The van der Waals surface area contributed by atoms with Crippen molar-refractivity contribution in [1.29, 1.82) is 0 Å². The molecule has 2 heterocycles. The lowest BCUT2D eigenvalue weighted by Crippen LogP contribution is -2.36. The number of anilines is 2. The fourth-order valence-corrected chi connectivity index (χ4v) is 3.72. The van der Waals surface area contributed by atoms with Crippen molar-refractivity contribution in [1.82, 2.24) is 4.98 Å². The standard InChI is InChI=1S/C25H25N3O4/c1-32-25(31)26-20-9-6-17(7-10-20)23(30)11-8-19-16-18-4-2-3-5-22(18)27-24(19)28-14-12-21(29)13-15-28/h2-11,16,21,29H,12-15H2,1H3,(H,26,31)/b11-8+. The molecule has 0 spiro atoms. The van der Waals surface area contributed by atoms with Crippen LogP contribution in [0.2, 0.25) is 0 Å². The van der Waals surface area contributed by atoms with Crippen molar-refractivity contribution in [2.75, 3.05) is 30.4 Å². The van der Waals surface area contributed by atoms with Crippen molar-refractivity contribution < 1.29 is 19.4 Å². The summed E-state index contributed by atoms with van der Waals surface area (Å²) in [6.45, 7) is 1.44. The second-order valence-corrected chi connectivity index (χ2v) is 7.70. The predicted molar refractivity (Wildman–Crippen MR) is 125 cm³/mol. The van der Waals surface area contributed by atoms with E-state index >= 15 is 0 Å². The Morgan fingerprint density at radius 2 is 1.84 bits per heavy atom. The van der Waals surface area contributed by atoms with Gasteiger partial charge in [0.05, 0.1) is 18.7 Å². The fraction of sp³-hybridized carbons (Fsp3) is 0.240. The molecule has 3 aromatic rings. The number of benzene rings is 2. The molecular weight excluding hydrogens is 406 g/mol. The first-order valence-electron chi connectivity index (χ1n) is 10.5. The lowest BCUT2D eigenvalue weighted by molar-refractivity contribution is 0.104. The highest BCUT2D eigenvalue weighted by Crippen LogP contribution is 2.27. The summed E-state index contributed by atoms with van der Waals surface area (Å²) < 4.78 is 4.57. The van der Waals surface area contributed by atoms with Gasteiger partial charge in [0.15, 0.2) is 5.78 Å². The van der Waals surface area contributed by atoms with Gasteiger partial charge in [0.25, 0.3) is 0 Å². The van der Waals surface area contributed by atoms with E-state index in [0.717, 1.165) is 35.4 Å². The van der Waals surface area contributed by atoms with Crippen LogP contribution in [0, 0.1) is 0 Å². The normalized spacial score (nSPS) is 14.6. The predicted octanol–water partition coefficient (Wildman–Crippen LogP) is 4.27. The number of rotatable bonds is 5. The average molecular weight is 431 g/mol. The number of nitrogens with one attached hydrogen (secondary N) is 1. The summed E-state index contributed by atoms with van der Waals surface area (Å²) in [4.78, 5) is 31.0. The molecule has 0 unspecified atom stereocenters. The number of aromatic nitrogens is 1. The molecule has 32 heavy (non-hydrogen) atoms. The zero-order valence-electron chi connectivity index (χ0n) is 17.8. The van der Waals surface area contributed by atoms with Crippen LogP contribution in [0.5, 0.6) is 0 Å². The molecule has 2 aromatic carbocycles. The number of hydrogen-bond acceptors (Lipinski definition) is 6. The molecule has 0 aliphatic carbocycles. The number of carbonyl (C=O) groups is 2. The number of hydrogen-bond donors (Lipinski definition) is 2. The highest BCUT2D eigenvalue weighted by molar-refractivity contribution is 6.07. The lowest BCUT2D eigenvalue weighted by Gasteiger charge is -2.31. The van der Waals surface area contributed by atoms with Crippen LogP contribution in [0.3, 0.4) is 0 Å². The minimum Gasteiger partial charge on any atom is -0.453 e. The summed E-state index contributed by atoms with van der Waals surface area (Å²) in [7, 11) is 1.29. The van der Waals surface area contributed by atoms with Gasteiger partial charge < -0.3 is 14.7 Å². The largest absolute Gasteiger partial charge is 0.453 e. The Bertz CT molecular complexity index is 1150. The maximum Gasteiger partial charge on any atom is 0.411 e. The minimum absolute atomic E-state index is 0.150. The monoisotopic (exact) mass is 431 g/mol. The van der Waals surface area contributed by atoms with Crippen LogP contribution in [-0.2, 0) is 4.74 Å². The van der Waals surface area contributed by atoms with Gasteiger partial charge in [-0.25, -0.2) is 9.78 Å². The maximum absolute atomic E-state index is 12.7. The molecule has 7 nitrogen and oxygen atoms in total. The highest BCUT2D eigenvalue weighted by Gasteiger charge is 2.20. The molecular formula is C25H25N3O4. The van der Waals surface area contributed by atoms with Gasteiger partial charge in [-0.1, -0.05) is 18.2 Å². The van der Waals surface area contributed by atoms with E-state index in [1.807, 2.05) is 30.3 Å². The molecule has 0 atom stereocenters. The number of piperidine rings is 1. The molecule has 0 saturated carbocycles. The van der Waals surface area contributed by atoms with Crippen molar-refractivity contribution >= 4 is 40.4 Å². The molecule has 4 rings (SSSR count). The second-order valence-electron chi connectivity index (χ2n) is 7.70. The molecule has 1 aliphatic rings. The number of methoxy groups -OCH3 is 1. The number of ether oxygens (including phenoxy) is 1. The van der Waals surface area contributed by atoms with Crippen LogP contribution in [0.4, 0.5) is 16.3 Å². The summed E-state index contributed by atoms with van der Waals surface area (Å²) in [6, 6.07) is 16.5. The Morgan fingerprint density at radius 3 is 2.56 bits per heavy atom. The number of para-hydroxylation sites is 1. The number of pyridine rings is 1. The minimum atomic E-state index is -0.564. The third-order valence-corrected chi connectivity index (χ3v) is 5.51. The van der Waals surface area contributed by atoms with Crippen LogP contribution in [0.25, 0.3) is 17.0 Å². The SMILES string of the molecule is COC(=O)Nc1ccc(C(=O)/C=C/c2cc3ccccc3nc2N2CCC(O)CC2)cc1. The molecule has 164 valence electrons. The number of aliphatic hydroxyl groups is 1. The quantitative estimate of drug-likeness (QED) is 0.463. The van der Waals surface area contributed by atoms with Crippen LogP contribution in [0.15, 0.2) is 60.7 Å². The molecule has 1 fully saturated rings. The number of nitrogens with zero attached hydrogens (tertiary/aromatic N) is 2. The summed E-state index contributed by atoms with van der Waals surface area (Å²) in [5.41, 5.74) is 2.81. The van der Waals surface area contributed by atoms with Crippen LogP contribution < -0.4 is 10.2 Å². The van der Waals surface area contributed by atoms with Gasteiger partial charge in [-0.05, 0) is 61.4 Å². The number of aliphatic hydroxyl groups excluding tert-OH is 1. The van der Waals surface area contributed by atoms with Gasteiger partial charge in [0.1, 0.15) is 5.82 Å². The average Bonchev–Trinajstić information content (AvgIpc) is 2.83. The first-order chi connectivity index (χ1) is 15.5. The van der Waals surface area contributed by atoms with Crippen molar-refractivity contribution in [3.05, 3.63) is 71.8 Å². The summed E-state index contributed by atoms with van der Waals surface area (Å²) in [5.74, 6) is 0.667. The van der Waals surface area contributed by atoms with Crippen LogP contribution in [0.1, 0.15) is 28.8 Å². The zero-order chi connectivity index (χ0) is 22.5. The van der Waals surface area contributed by atoms with Crippen LogP contribution >= 0.6 is 0 Å². The Kier molecular flexibility index (Phi) is 6.47. The molecule has 1 aliphatic heterocycles. The highest BCUT2D eigenvalue weighted by atomic mass is 16.5. The summed E-state index contributed by atoms with van der Waals surface area (Å²) >= 11 is 0. The fourth-order valence-electron chi connectivity index (χ4n) is 3.72. The van der Waals surface area contributed by atoms with E-state index in [1.165, 1.54) is 13.2 Å². The van der Waals surface area contributed by atoms with Gasteiger partial charge in [-0.2, -0.15) is 0 Å². The van der Waals surface area contributed by atoms with E-state index in [2.05, 4.69) is 15.0 Å². The second kappa shape index (κ2) is 9.62. The van der Waals surface area contributed by atoms with Crippen molar-refractivity contribution in [2.24, 2.45) is 0 Å². The number of fused-ring (bicyclic) bond motifs is 1. The van der Waals surface area contributed by atoms with Gasteiger partial charge in [-0.15, -0.1) is 0 Å². The van der Waals surface area contributed by atoms with E-state index < -0.39 is 6.09 Å². The van der Waals surface area contributed by atoms with E-state index in [-0.39, 0.29) is 11.9 Å². The number of amides is 1. The van der Waals surface area contributed by atoms with E-state index in [0.29, 0.717) is 24.1 Å². The molecule has 0 radical (unpaired) electrons. The molecule has 1 amide bonds. The Labute approximate surface area is 186 Å². The third-order valence-electron chi connectivity index (χ3n) is 5.51. The Balaban J connectivity index is 1.59. The van der Waals surface area contributed by atoms with Crippen molar-refractivity contribution in [3.8, 4) is 0 Å². The smallest absolute Gasteiger partial charge is 0.411 e. The van der Waals surface area contributed by atoms with Crippen molar-refractivity contribution in [3.63, 3.8) is 0 Å². The van der Waals surface area contributed by atoms with E-state index in [1.54, 1.807) is 30.3 Å². The summed E-state index contributed by atoms with van der Waals surface area (Å²) in [5, 5.41) is 13.4. The first kappa shape index (κ1) is 21.5. The number of carbonyl (C=O) groups excluding carboxylic acids is 2. The number of ketones is 1. The Hall–Kier alpha value is -3.71. The zero-order valence-corrected chi connectivity index (χ0v) is 17.8. The van der Waals surface area contributed by atoms with Gasteiger partial charge in [-0.3, -0.25) is 10.1 Å².